The topological polar surface area (TPSA) is 67.0 Å². The molecular weight excluding hydrogens is 218 g/mol. The Bertz CT molecular complexity index is 345. The van der Waals surface area contributed by atoms with Gasteiger partial charge in [0.25, 0.3) is 5.91 Å². The molecule has 1 saturated carbocycles. The maximum absolute atomic E-state index is 11.6. The van der Waals surface area contributed by atoms with Crippen molar-refractivity contribution in [2.45, 2.75) is 32.3 Å². The molecule has 5 nitrogen and oxygen atoms in total. The van der Waals surface area contributed by atoms with Crippen molar-refractivity contribution in [1.29, 1.82) is 0 Å². The average molecular weight is 237 g/mol. The van der Waals surface area contributed by atoms with Gasteiger partial charge in [0.2, 0.25) is 0 Å². The van der Waals surface area contributed by atoms with E-state index >= 15 is 0 Å². The number of carbonyl (C=O) groups is 1. The maximum Gasteiger partial charge on any atom is 0.269 e. The van der Waals surface area contributed by atoms with Crippen LogP contribution in [0.15, 0.2) is 12.3 Å². The lowest BCUT2D eigenvalue weighted by Gasteiger charge is -2.34. The fraction of sp³-hybridized carbons (Fsp3) is 0.667. The molecule has 2 N–H and O–H groups in total. The summed E-state index contributed by atoms with van der Waals surface area (Å²) in [5, 5.41) is 9.27. The number of hydrogen-bond acceptors (Lipinski definition) is 3. The molecule has 2 rings (SSSR count). The van der Waals surface area contributed by atoms with E-state index in [-0.39, 0.29) is 5.91 Å². The standard InChI is InChI=1S/C12H19N3O2/c1-2-17-10-7-9(8-10)3-5-13-12(16)11-4-6-14-15-11/h4,6,9-10H,2-3,5,7-8H2,1H3,(H,13,16)(H,14,15). The first-order valence-corrected chi connectivity index (χ1v) is 6.18. The zero-order chi connectivity index (χ0) is 12.1. The molecule has 5 heteroatoms. The van der Waals surface area contributed by atoms with Crippen molar-refractivity contribution in [3.8, 4) is 0 Å². The van der Waals surface area contributed by atoms with Crippen LogP contribution in [-0.2, 0) is 4.74 Å². The van der Waals surface area contributed by atoms with Crippen LogP contribution in [0.3, 0.4) is 0 Å². The number of amides is 1. The molecule has 0 atom stereocenters. The van der Waals surface area contributed by atoms with Gasteiger partial charge in [-0.1, -0.05) is 0 Å². The van der Waals surface area contributed by atoms with Gasteiger partial charge in [-0.3, -0.25) is 9.89 Å². The van der Waals surface area contributed by atoms with E-state index in [1.54, 1.807) is 12.3 Å². The lowest BCUT2D eigenvalue weighted by atomic mass is 9.80. The zero-order valence-electron chi connectivity index (χ0n) is 10.1. The lowest BCUT2D eigenvalue weighted by Crippen LogP contribution is -2.34. The summed E-state index contributed by atoms with van der Waals surface area (Å²) in [4.78, 5) is 11.6. The molecule has 0 aliphatic heterocycles. The summed E-state index contributed by atoms with van der Waals surface area (Å²) in [6.07, 6.45) is 5.33. The van der Waals surface area contributed by atoms with Gasteiger partial charge in [-0.2, -0.15) is 5.10 Å². The van der Waals surface area contributed by atoms with Crippen molar-refractivity contribution >= 4 is 5.91 Å². The summed E-state index contributed by atoms with van der Waals surface area (Å²) in [5.41, 5.74) is 0.519. The highest BCUT2D eigenvalue weighted by molar-refractivity contribution is 5.91. The minimum Gasteiger partial charge on any atom is -0.378 e. The molecule has 0 aromatic carbocycles. The second kappa shape index (κ2) is 5.82. The Morgan fingerprint density at radius 1 is 1.65 bits per heavy atom. The number of carbonyl (C=O) groups excluding carboxylic acids is 1. The highest BCUT2D eigenvalue weighted by atomic mass is 16.5. The monoisotopic (exact) mass is 237 g/mol. The normalized spacial score (nSPS) is 23.1. The number of nitrogens with one attached hydrogen (secondary N) is 2. The van der Waals surface area contributed by atoms with E-state index < -0.39 is 0 Å². The van der Waals surface area contributed by atoms with Crippen molar-refractivity contribution in [2.75, 3.05) is 13.2 Å². The number of ether oxygens (including phenoxy) is 1. The van der Waals surface area contributed by atoms with Gasteiger partial charge in [-0.15, -0.1) is 0 Å². The van der Waals surface area contributed by atoms with E-state index in [0.29, 0.717) is 17.7 Å². The Morgan fingerprint density at radius 2 is 2.47 bits per heavy atom. The van der Waals surface area contributed by atoms with Crippen molar-refractivity contribution in [2.24, 2.45) is 5.92 Å². The van der Waals surface area contributed by atoms with Crippen LogP contribution in [0, 0.1) is 5.92 Å². The Morgan fingerprint density at radius 3 is 3.12 bits per heavy atom. The second-order valence-electron chi connectivity index (χ2n) is 4.43. The quantitative estimate of drug-likeness (QED) is 0.784. The van der Waals surface area contributed by atoms with Gasteiger partial charge in [0.1, 0.15) is 5.69 Å². The fourth-order valence-corrected chi connectivity index (χ4v) is 2.15. The van der Waals surface area contributed by atoms with Crippen LogP contribution in [0.25, 0.3) is 0 Å². The molecule has 0 unspecified atom stereocenters. The van der Waals surface area contributed by atoms with Gasteiger partial charge in [0.05, 0.1) is 6.10 Å². The summed E-state index contributed by atoms with van der Waals surface area (Å²) in [7, 11) is 0. The lowest BCUT2D eigenvalue weighted by molar-refractivity contribution is -0.0261. The number of hydrogen-bond donors (Lipinski definition) is 2. The third-order valence-electron chi connectivity index (χ3n) is 3.18. The van der Waals surface area contributed by atoms with Crippen LogP contribution in [-0.4, -0.2) is 35.4 Å². The minimum atomic E-state index is -0.0804. The van der Waals surface area contributed by atoms with Crippen molar-refractivity contribution in [3.63, 3.8) is 0 Å². The third-order valence-corrected chi connectivity index (χ3v) is 3.18. The molecular formula is C12H19N3O2. The number of H-pyrrole nitrogens is 1. The van der Waals surface area contributed by atoms with Crippen LogP contribution >= 0.6 is 0 Å². The Hall–Kier alpha value is -1.36. The fourth-order valence-electron chi connectivity index (χ4n) is 2.15. The van der Waals surface area contributed by atoms with Crippen LogP contribution < -0.4 is 5.32 Å². The largest absolute Gasteiger partial charge is 0.378 e. The molecule has 17 heavy (non-hydrogen) atoms. The number of rotatable bonds is 6. The Balaban J connectivity index is 1.57. The third kappa shape index (κ3) is 3.30. The van der Waals surface area contributed by atoms with E-state index in [4.69, 9.17) is 4.74 Å². The van der Waals surface area contributed by atoms with Gasteiger partial charge in [0.15, 0.2) is 0 Å². The predicted octanol–water partition coefficient (Wildman–Crippen LogP) is 1.34. The van der Waals surface area contributed by atoms with Gasteiger partial charge < -0.3 is 10.1 Å². The molecule has 1 aliphatic rings. The van der Waals surface area contributed by atoms with E-state index in [2.05, 4.69) is 15.5 Å². The molecule has 0 spiro atoms. The van der Waals surface area contributed by atoms with Gasteiger partial charge in [-0.05, 0) is 38.2 Å². The molecule has 1 amide bonds. The van der Waals surface area contributed by atoms with Crippen molar-refractivity contribution in [1.82, 2.24) is 15.5 Å². The van der Waals surface area contributed by atoms with Crippen LogP contribution in [0.2, 0.25) is 0 Å². The average Bonchev–Trinajstić information content (AvgIpc) is 2.78. The summed E-state index contributed by atoms with van der Waals surface area (Å²) < 4.78 is 5.49. The van der Waals surface area contributed by atoms with E-state index in [1.807, 2.05) is 6.92 Å². The highest BCUT2D eigenvalue weighted by Crippen LogP contribution is 2.32. The van der Waals surface area contributed by atoms with Crippen LogP contribution in [0.1, 0.15) is 36.7 Å². The molecule has 0 radical (unpaired) electrons. The highest BCUT2D eigenvalue weighted by Gasteiger charge is 2.28. The van der Waals surface area contributed by atoms with E-state index in [9.17, 15) is 4.79 Å². The molecule has 0 bridgehead atoms. The van der Waals surface area contributed by atoms with E-state index in [1.165, 1.54) is 0 Å². The molecule has 1 aromatic heterocycles. The molecule has 94 valence electrons. The van der Waals surface area contributed by atoms with Gasteiger partial charge >= 0.3 is 0 Å². The minimum absolute atomic E-state index is 0.0804. The van der Waals surface area contributed by atoms with Gasteiger partial charge in [0, 0.05) is 19.3 Å². The first kappa shape index (κ1) is 12.1. The Kier molecular flexibility index (Phi) is 4.14. The molecule has 0 saturated heterocycles. The summed E-state index contributed by atoms with van der Waals surface area (Å²) in [5.74, 6) is 0.622. The molecule has 1 fully saturated rings. The van der Waals surface area contributed by atoms with Crippen LogP contribution in [0.4, 0.5) is 0 Å². The maximum atomic E-state index is 11.6. The van der Waals surface area contributed by atoms with Crippen LogP contribution in [0.5, 0.6) is 0 Å². The van der Waals surface area contributed by atoms with Crippen molar-refractivity contribution < 1.29 is 9.53 Å². The zero-order valence-corrected chi connectivity index (χ0v) is 10.1. The molecule has 1 heterocycles. The smallest absolute Gasteiger partial charge is 0.269 e. The van der Waals surface area contributed by atoms with Gasteiger partial charge in [-0.25, -0.2) is 0 Å². The first-order valence-electron chi connectivity index (χ1n) is 6.18. The first-order chi connectivity index (χ1) is 8.29. The SMILES string of the molecule is CCOC1CC(CCNC(=O)c2ccn[nH]2)C1. The summed E-state index contributed by atoms with van der Waals surface area (Å²) >= 11 is 0. The second-order valence-corrected chi connectivity index (χ2v) is 4.43. The molecule has 1 aromatic rings. The summed E-state index contributed by atoms with van der Waals surface area (Å²) in [6, 6.07) is 1.67. The number of aromatic nitrogens is 2. The summed E-state index contributed by atoms with van der Waals surface area (Å²) in [6.45, 7) is 3.55. The predicted molar refractivity (Wildman–Crippen MR) is 63.7 cm³/mol. The number of aromatic amines is 1. The van der Waals surface area contributed by atoms with Crippen molar-refractivity contribution in [3.05, 3.63) is 18.0 Å². The van der Waals surface area contributed by atoms with E-state index in [0.717, 1.165) is 32.4 Å². The molecule has 1 aliphatic carbocycles. The Labute approximate surface area is 101 Å². The number of nitrogens with zero attached hydrogens (tertiary/aromatic N) is 1.